The monoisotopic (exact) mass is 244 g/mol. The van der Waals surface area contributed by atoms with Gasteiger partial charge in [-0.15, -0.1) is 0 Å². The molecule has 5 heteroatoms. The van der Waals surface area contributed by atoms with Crippen molar-refractivity contribution in [3.8, 4) is 0 Å². The fourth-order valence-electron chi connectivity index (χ4n) is 1.70. The van der Waals surface area contributed by atoms with Crippen molar-refractivity contribution in [2.45, 2.75) is 19.0 Å². The molecule has 18 heavy (non-hydrogen) atoms. The summed E-state index contributed by atoms with van der Waals surface area (Å²) < 4.78 is 0. The van der Waals surface area contributed by atoms with Crippen LogP contribution in [0.2, 0.25) is 0 Å². The first kappa shape index (κ1) is 12.3. The molecule has 1 heterocycles. The SMILES string of the molecule is CC(NC(=O)[C@@H](N)c1ccccc1)c1cn[nH]c1. The number of carbonyl (C=O) groups excluding carboxylic acids is 1. The lowest BCUT2D eigenvalue weighted by Gasteiger charge is -2.16. The fraction of sp³-hybridized carbons (Fsp3) is 0.231. The first-order valence-corrected chi connectivity index (χ1v) is 5.78. The Hall–Kier alpha value is -2.14. The molecule has 0 spiro atoms. The Morgan fingerprint density at radius 3 is 2.67 bits per heavy atom. The van der Waals surface area contributed by atoms with Gasteiger partial charge in [-0.1, -0.05) is 30.3 Å². The number of rotatable bonds is 4. The van der Waals surface area contributed by atoms with Crippen molar-refractivity contribution < 1.29 is 4.79 Å². The summed E-state index contributed by atoms with van der Waals surface area (Å²) in [6, 6.07) is 8.53. The number of nitrogens with two attached hydrogens (primary N) is 1. The molecule has 1 aromatic carbocycles. The maximum atomic E-state index is 12.0. The van der Waals surface area contributed by atoms with Crippen LogP contribution in [0.1, 0.15) is 30.1 Å². The van der Waals surface area contributed by atoms with E-state index in [-0.39, 0.29) is 11.9 Å². The molecule has 2 atom stereocenters. The van der Waals surface area contributed by atoms with E-state index in [1.165, 1.54) is 0 Å². The number of hydrogen-bond donors (Lipinski definition) is 3. The van der Waals surface area contributed by atoms with Gasteiger partial charge < -0.3 is 11.1 Å². The molecule has 0 aliphatic heterocycles. The van der Waals surface area contributed by atoms with Gasteiger partial charge in [0.25, 0.3) is 0 Å². The van der Waals surface area contributed by atoms with Gasteiger partial charge in [-0.2, -0.15) is 5.10 Å². The number of hydrogen-bond acceptors (Lipinski definition) is 3. The van der Waals surface area contributed by atoms with Crippen LogP contribution in [0.4, 0.5) is 0 Å². The van der Waals surface area contributed by atoms with Gasteiger partial charge in [0, 0.05) is 11.8 Å². The van der Waals surface area contributed by atoms with E-state index in [9.17, 15) is 4.79 Å². The fourth-order valence-corrected chi connectivity index (χ4v) is 1.70. The lowest BCUT2D eigenvalue weighted by atomic mass is 10.1. The second kappa shape index (κ2) is 5.46. The lowest BCUT2D eigenvalue weighted by Crippen LogP contribution is -2.35. The Morgan fingerprint density at radius 1 is 1.33 bits per heavy atom. The van der Waals surface area contributed by atoms with Gasteiger partial charge >= 0.3 is 0 Å². The summed E-state index contributed by atoms with van der Waals surface area (Å²) in [4.78, 5) is 12.0. The molecule has 1 aromatic heterocycles. The van der Waals surface area contributed by atoms with E-state index in [4.69, 9.17) is 5.73 Å². The summed E-state index contributed by atoms with van der Waals surface area (Å²) in [7, 11) is 0. The highest BCUT2D eigenvalue weighted by molar-refractivity contribution is 5.83. The summed E-state index contributed by atoms with van der Waals surface area (Å²) in [5.41, 5.74) is 7.63. The molecule has 5 nitrogen and oxygen atoms in total. The second-order valence-corrected chi connectivity index (χ2v) is 4.15. The van der Waals surface area contributed by atoms with E-state index in [0.717, 1.165) is 11.1 Å². The molecular weight excluding hydrogens is 228 g/mol. The molecule has 0 saturated carbocycles. The molecule has 0 saturated heterocycles. The molecule has 1 amide bonds. The van der Waals surface area contributed by atoms with Gasteiger partial charge in [-0.05, 0) is 12.5 Å². The standard InChI is InChI=1S/C13H16N4O/c1-9(11-7-15-16-8-11)17-13(18)12(14)10-5-3-2-4-6-10/h2-9,12H,14H2,1H3,(H,15,16)(H,17,18)/t9?,12-/m0/s1. The Balaban J connectivity index is 2.00. The minimum absolute atomic E-state index is 0.119. The van der Waals surface area contributed by atoms with E-state index in [1.807, 2.05) is 37.3 Å². The summed E-state index contributed by atoms with van der Waals surface area (Å²) in [5, 5.41) is 9.41. The molecule has 0 aliphatic carbocycles. The average molecular weight is 244 g/mol. The molecule has 1 unspecified atom stereocenters. The highest BCUT2D eigenvalue weighted by Crippen LogP contribution is 2.13. The zero-order valence-electron chi connectivity index (χ0n) is 10.1. The Labute approximate surface area is 105 Å². The highest BCUT2D eigenvalue weighted by atomic mass is 16.2. The minimum Gasteiger partial charge on any atom is -0.348 e. The largest absolute Gasteiger partial charge is 0.348 e. The number of benzene rings is 1. The molecule has 94 valence electrons. The molecule has 2 aromatic rings. The van der Waals surface area contributed by atoms with Crippen molar-refractivity contribution in [2.75, 3.05) is 0 Å². The van der Waals surface area contributed by atoms with Crippen LogP contribution in [0.15, 0.2) is 42.7 Å². The van der Waals surface area contributed by atoms with Gasteiger partial charge in [0.1, 0.15) is 6.04 Å². The molecule has 0 bridgehead atoms. The van der Waals surface area contributed by atoms with Gasteiger partial charge in [0.05, 0.1) is 12.2 Å². The third-order valence-electron chi connectivity index (χ3n) is 2.82. The van der Waals surface area contributed by atoms with Crippen molar-refractivity contribution in [1.82, 2.24) is 15.5 Å². The van der Waals surface area contributed by atoms with Crippen LogP contribution in [0, 0.1) is 0 Å². The summed E-state index contributed by atoms with van der Waals surface area (Å²) in [5.74, 6) is -0.199. The van der Waals surface area contributed by atoms with E-state index in [1.54, 1.807) is 12.4 Å². The molecular formula is C13H16N4O. The van der Waals surface area contributed by atoms with E-state index in [0.29, 0.717) is 0 Å². The molecule has 2 rings (SSSR count). The summed E-state index contributed by atoms with van der Waals surface area (Å²) >= 11 is 0. The van der Waals surface area contributed by atoms with E-state index >= 15 is 0 Å². The molecule has 0 fully saturated rings. The molecule has 0 radical (unpaired) electrons. The average Bonchev–Trinajstić information content (AvgIpc) is 2.92. The van der Waals surface area contributed by atoms with Crippen LogP contribution in [0.5, 0.6) is 0 Å². The van der Waals surface area contributed by atoms with Crippen molar-refractivity contribution >= 4 is 5.91 Å². The maximum Gasteiger partial charge on any atom is 0.241 e. The van der Waals surface area contributed by atoms with Crippen LogP contribution < -0.4 is 11.1 Å². The van der Waals surface area contributed by atoms with Crippen molar-refractivity contribution in [3.63, 3.8) is 0 Å². The Kier molecular flexibility index (Phi) is 3.74. The number of nitrogens with one attached hydrogen (secondary N) is 2. The Morgan fingerprint density at radius 2 is 2.06 bits per heavy atom. The second-order valence-electron chi connectivity index (χ2n) is 4.15. The van der Waals surface area contributed by atoms with Crippen molar-refractivity contribution in [1.29, 1.82) is 0 Å². The highest BCUT2D eigenvalue weighted by Gasteiger charge is 2.18. The third-order valence-corrected chi connectivity index (χ3v) is 2.82. The maximum absolute atomic E-state index is 12.0. The van der Waals surface area contributed by atoms with E-state index in [2.05, 4.69) is 15.5 Å². The number of aromatic nitrogens is 2. The zero-order valence-corrected chi connectivity index (χ0v) is 10.1. The van der Waals surface area contributed by atoms with Crippen LogP contribution in [0.3, 0.4) is 0 Å². The van der Waals surface area contributed by atoms with Gasteiger partial charge in [0.2, 0.25) is 5.91 Å². The number of H-pyrrole nitrogens is 1. The number of aromatic amines is 1. The topological polar surface area (TPSA) is 83.8 Å². The van der Waals surface area contributed by atoms with Crippen LogP contribution >= 0.6 is 0 Å². The Bertz CT molecular complexity index is 495. The summed E-state index contributed by atoms with van der Waals surface area (Å²) in [6.45, 7) is 1.89. The van der Waals surface area contributed by atoms with Crippen LogP contribution in [0.25, 0.3) is 0 Å². The van der Waals surface area contributed by atoms with Crippen molar-refractivity contribution in [2.24, 2.45) is 5.73 Å². The third kappa shape index (κ3) is 2.75. The smallest absolute Gasteiger partial charge is 0.241 e. The minimum atomic E-state index is -0.652. The van der Waals surface area contributed by atoms with Crippen LogP contribution in [-0.2, 0) is 4.79 Å². The predicted octanol–water partition coefficient (Wildman–Crippen LogP) is 1.29. The zero-order chi connectivity index (χ0) is 13.0. The lowest BCUT2D eigenvalue weighted by molar-refractivity contribution is -0.123. The quantitative estimate of drug-likeness (QED) is 0.757. The normalized spacial score (nSPS) is 13.9. The van der Waals surface area contributed by atoms with E-state index < -0.39 is 6.04 Å². The van der Waals surface area contributed by atoms with Crippen molar-refractivity contribution in [3.05, 3.63) is 53.9 Å². The van der Waals surface area contributed by atoms with Gasteiger partial charge in [-0.25, -0.2) is 0 Å². The first-order chi connectivity index (χ1) is 8.68. The number of carbonyl (C=O) groups is 1. The number of amides is 1. The first-order valence-electron chi connectivity index (χ1n) is 5.78. The predicted molar refractivity (Wildman–Crippen MR) is 68.5 cm³/mol. The van der Waals surface area contributed by atoms with Crippen LogP contribution in [-0.4, -0.2) is 16.1 Å². The number of nitrogens with zero attached hydrogens (tertiary/aromatic N) is 1. The molecule has 0 aliphatic rings. The summed E-state index contributed by atoms with van der Waals surface area (Å²) in [6.07, 6.45) is 3.43. The van der Waals surface area contributed by atoms with Gasteiger partial charge in [-0.3, -0.25) is 9.89 Å². The van der Waals surface area contributed by atoms with Gasteiger partial charge in [0.15, 0.2) is 0 Å². The molecule has 4 N–H and O–H groups in total.